The molecule has 1 saturated carbocycles. The van der Waals surface area contributed by atoms with Crippen molar-refractivity contribution in [2.75, 3.05) is 0 Å². The van der Waals surface area contributed by atoms with Gasteiger partial charge in [0.15, 0.2) is 0 Å². The Morgan fingerprint density at radius 3 is 2.60 bits per heavy atom. The molecule has 0 radical (unpaired) electrons. The van der Waals surface area contributed by atoms with Gasteiger partial charge in [0.1, 0.15) is 5.75 Å². The Morgan fingerprint density at radius 1 is 1.20 bits per heavy atom. The van der Waals surface area contributed by atoms with Crippen LogP contribution in [0.15, 0.2) is 24.3 Å². The quantitative estimate of drug-likeness (QED) is 0.752. The number of aromatic hydroxyl groups is 1. The first kappa shape index (κ1) is 10.4. The summed E-state index contributed by atoms with van der Waals surface area (Å²) in [5.74, 6) is -3.49. The largest absolute Gasteiger partial charge is 0.508 e. The van der Waals surface area contributed by atoms with E-state index in [1.165, 1.54) is 6.07 Å². The van der Waals surface area contributed by atoms with Crippen LogP contribution in [0.25, 0.3) is 0 Å². The Balaban J connectivity index is 2.33. The van der Waals surface area contributed by atoms with Gasteiger partial charge in [-0.05, 0) is 18.9 Å². The molecule has 1 N–H and O–H groups in total. The SMILES string of the molecule is Oc1ccccc1C1CCCCC1(F)F. The molecule has 3 heteroatoms. The summed E-state index contributed by atoms with van der Waals surface area (Å²) in [5.41, 5.74) is 0.391. The Kier molecular flexibility index (Phi) is 2.63. The van der Waals surface area contributed by atoms with Gasteiger partial charge in [0.05, 0.1) is 5.92 Å². The minimum atomic E-state index is -2.67. The minimum Gasteiger partial charge on any atom is -0.508 e. The van der Waals surface area contributed by atoms with Crippen molar-refractivity contribution in [3.63, 3.8) is 0 Å². The molecular formula is C12H14F2O. The van der Waals surface area contributed by atoms with Crippen molar-refractivity contribution in [3.05, 3.63) is 29.8 Å². The summed E-state index contributed by atoms with van der Waals surface area (Å²) in [5, 5.41) is 9.56. The van der Waals surface area contributed by atoms with Crippen molar-refractivity contribution >= 4 is 0 Å². The molecule has 1 aliphatic carbocycles. The number of halogens is 2. The lowest BCUT2D eigenvalue weighted by molar-refractivity contribution is -0.0552. The number of rotatable bonds is 1. The lowest BCUT2D eigenvalue weighted by atomic mass is 9.80. The third-order valence-corrected chi connectivity index (χ3v) is 3.07. The fourth-order valence-corrected chi connectivity index (χ4v) is 2.26. The van der Waals surface area contributed by atoms with Crippen molar-refractivity contribution in [3.8, 4) is 5.75 Å². The summed E-state index contributed by atoms with van der Waals surface area (Å²) in [7, 11) is 0. The average Bonchev–Trinajstić information content (AvgIpc) is 2.19. The monoisotopic (exact) mass is 212 g/mol. The van der Waals surface area contributed by atoms with E-state index in [4.69, 9.17) is 0 Å². The predicted octanol–water partition coefficient (Wildman–Crippen LogP) is 3.69. The third kappa shape index (κ3) is 1.96. The summed E-state index contributed by atoms with van der Waals surface area (Å²) in [6.45, 7) is 0. The van der Waals surface area contributed by atoms with E-state index in [9.17, 15) is 13.9 Å². The lowest BCUT2D eigenvalue weighted by Crippen LogP contribution is -2.29. The number of phenols is 1. The van der Waals surface area contributed by atoms with Crippen molar-refractivity contribution in [1.82, 2.24) is 0 Å². The van der Waals surface area contributed by atoms with Crippen molar-refractivity contribution in [2.24, 2.45) is 0 Å². The molecule has 15 heavy (non-hydrogen) atoms. The summed E-state index contributed by atoms with van der Waals surface area (Å²) < 4.78 is 27.2. The van der Waals surface area contributed by atoms with Gasteiger partial charge in [0.25, 0.3) is 5.92 Å². The van der Waals surface area contributed by atoms with Gasteiger partial charge in [-0.15, -0.1) is 0 Å². The molecule has 0 saturated heterocycles. The number of benzene rings is 1. The molecule has 1 nitrogen and oxygen atoms in total. The van der Waals surface area contributed by atoms with Gasteiger partial charge in [0, 0.05) is 12.0 Å². The van der Waals surface area contributed by atoms with Gasteiger partial charge >= 0.3 is 0 Å². The van der Waals surface area contributed by atoms with E-state index in [1.807, 2.05) is 0 Å². The van der Waals surface area contributed by atoms with Crippen molar-refractivity contribution in [2.45, 2.75) is 37.5 Å². The minimum absolute atomic E-state index is 0.0101. The van der Waals surface area contributed by atoms with E-state index in [2.05, 4.69) is 0 Å². The molecule has 1 atom stereocenters. The first-order valence-electron chi connectivity index (χ1n) is 5.27. The van der Waals surface area contributed by atoms with Crippen LogP contribution in [0.5, 0.6) is 5.75 Å². The number of phenolic OH excluding ortho intramolecular Hbond substituents is 1. The van der Waals surface area contributed by atoms with E-state index in [0.29, 0.717) is 18.4 Å². The number of para-hydroxylation sites is 1. The highest BCUT2D eigenvalue weighted by Crippen LogP contribution is 2.46. The van der Waals surface area contributed by atoms with E-state index < -0.39 is 11.8 Å². The molecule has 0 bridgehead atoms. The van der Waals surface area contributed by atoms with Crippen LogP contribution in [0, 0.1) is 0 Å². The second kappa shape index (κ2) is 3.80. The van der Waals surface area contributed by atoms with Gasteiger partial charge in [0.2, 0.25) is 0 Å². The van der Waals surface area contributed by atoms with Gasteiger partial charge in [-0.3, -0.25) is 0 Å². The number of hydrogen-bond acceptors (Lipinski definition) is 1. The maximum Gasteiger partial charge on any atom is 0.255 e. The van der Waals surface area contributed by atoms with Crippen LogP contribution in [-0.2, 0) is 0 Å². The summed E-state index contributed by atoms with van der Waals surface area (Å²) in [4.78, 5) is 0. The Labute approximate surface area is 87.7 Å². The zero-order valence-electron chi connectivity index (χ0n) is 8.42. The number of hydrogen-bond donors (Lipinski definition) is 1. The fraction of sp³-hybridized carbons (Fsp3) is 0.500. The molecule has 1 fully saturated rings. The fourth-order valence-electron chi connectivity index (χ4n) is 2.26. The topological polar surface area (TPSA) is 20.2 Å². The number of alkyl halides is 2. The molecule has 0 amide bonds. The van der Waals surface area contributed by atoms with Crippen LogP contribution in [0.3, 0.4) is 0 Å². The summed E-state index contributed by atoms with van der Waals surface area (Å²) in [6, 6.07) is 6.42. The standard InChI is InChI=1S/C12H14F2O/c13-12(14)8-4-3-6-10(12)9-5-1-2-7-11(9)15/h1-2,5,7,10,15H,3-4,6,8H2. The molecular weight excluding hydrogens is 198 g/mol. The van der Waals surface area contributed by atoms with Gasteiger partial charge in [-0.25, -0.2) is 8.78 Å². The molecule has 1 unspecified atom stereocenters. The van der Waals surface area contributed by atoms with Crippen molar-refractivity contribution in [1.29, 1.82) is 0 Å². The van der Waals surface area contributed by atoms with Gasteiger partial charge in [-0.1, -0.05) is 24.6 Å². The van der Waals surface area contributed by atoms with Crippen LogP contribution in [0.2, 0.25) is 0 Å². The Bertz CT molecular complexity index is 349. The second-order valence-corrected chi connectivity index (χ2v) is 4.12. The molecule has 0 aliphatic heterocycles. The highest BCUT2D eigenvalue weighted by molar-refractivity contribution is 5.36. The third-order valence-electron chi connectivity index (χ3n) is 3.07. The molecule has 2 rings (SSSR count). The highest BCUT2D eigenvalue weighted by Gasteiger charge is 2.43. The first-order chi connectivity index (χ1) is 7.11. The summed E-state index contributed by atoms with van der Waals surface area (Å²) >= 11 is 0. The summed E-state index contributed by atoms with van der Waals surface area (Å²) in [6.07, 6.45) is 1.79. The molecule has 82 valence electrons. The molecule has 1 aromatic rings. The maximum atomic E-state index is 13.6. The Hall–Kier alpha value is -1.12. The molecule has 0 aromatic heterocycles. The first-order valence-corrected chi connectivity index (χ1v) is 5.27. The van der Waals surface area contributed by atoms with E-state index >= 15 is 0 Å². The second-order valence-electron chi connectivity index (χ2n) is 4.12. The average molecular weight is 212 g/mol. The van der Waals surface area contributed by atoms with Crippen LogP contribution < -0.4 is 0 Å². The molecule has 1 aromatic carbocycles. The molecule has 0 heterocycles. The molecule has 0 spiro atoms. The van der Waals surface area contributed by atoms with E-state index in [0.717, 1.165) is 6.42 Å². The molecule has 1 aliphatic rings. The van der Waals surface area contributed by atoms with E-state index in [-0.39, 0.29) is 12.2 Å². The lowest BCUT2D eigenvalue weighted by Gasteiger charge is -2.31. The van der Waals surface area contributed by atoms with Crippen LogP contribution in [0.4, 0.5) is 8.78 Å². The van der Waals surface area contributed by atoms with Crippen molar-refractivity contribution < 1.29 is 13.9 Å². The van der Waals surface area contributed by atoms with Crippen LogP contribution in [-0.4, -0.2) is 11.0 Å². The van der Waals surface area contributed by atoms with Gasteiger partial charge < -0.3 is 5.11 Å². The Morgan fingerprint density at radius 2 is 1.93 bits per heavy atom. The van der Waals surface area contributed by atoms with Crippen LogP contribution >= 0.6 is 0 Å². The zero-order valence-corrected chi connectivity index (χ0v) is 8.42. The maximum absolute atomic E-state index is 13.6. The highest BCUT2D eigenvalue weighted by atomic mass is 19.3. The van der Waals surface area contributed by atoms with Crippen LogP contribution in [0.1, 0.15) is 37.2 Å². The van der Waals surface area contributed by atoms with Gasteiger partial charge in [-0.2, -0.15) is 0 Å². The normalized spacial score (nSPS) is 25.1. The zero-order chi connectivity index (χ0) is 10.9. The van der Waals surface area contributed by atoms with E-state index in [1.54, 1.807) is 18.2 Å². The predicted molar refractivity (Wildman–Crippen MR) is 54.3 cm³/mol. The smallest absolute Gasteiger partial charge is 0.255 e.